The molecule has 138 valence electrons. The molecular weight excluding hydrogens is 366 g/mol. The molecule has 0 aliphatic rings. The predicted octanol–water partition coefficient (Wildman–Crippen LogP) is -2.94. The Bertz CT molecular complexity index is 428. The van der Waals surface area contributed by atoms with Gasteiger partial charge in [-0.05, 0) is 0 Å². The SMILES string of the molecule is O=CC(O)COP(=O)(O)O.O=CCC(O)C(O)COP(=O)(O)O. The summed E-state index contributed by atoms with van der Waals surface area (Å²) in [5.74, 6) is 0. The summed E-state index contributed by atoms with van der Waals surface area (Å²) in [5, 5.41) is 26.2. The molecule has 0 heterocycles. The molecule has 0 fully saturated rings. The van der Waals surface area contributed by atoms with E-state index >= 15 is 0 Å². The second-order valence-corrected chi connectivity index (χ2v) is 6.29. The van der Waals surface area contributed by atoms with E-state index in [9.17, 15) is 18.7 Å². The molecule has 0 saturated heterocycles. The number of carbonyl (C=O) groups excluding carboxylic acids is 2. The molecule has 0 radical (unpaired) electrons. The highest BCUT2D eigenvalue weighted by Gasteiger charge is 2.21. The third-order valence-corrected chi connectivity index (χ3v) is 2.74. The molecule has 15 heteroatoms. The Morgan fingerprint density at radius 2 is 1.26 bits per heavy atom. The minimum Gasteiger partial charge on any atom is -0.390 e. The van der Waals surface area contributed by atoms with E-state index in [1.165, 1.54) is 0 Å². The normalized spacial score (nSPS) is 15.8. The predicted molar refractivity (Wildman–Crippen MR) is 70.8 cm³/mol. The van der Waals surface area contributed by atoms with Crippen molar-refractivity contribution in [3.8, 4) is 0 Å². The minimum atomic E-state index is -4.64. The zero-order valence-corrected chi connectivity index (χ0v) is 13.3. The second-order valence-electron chi connectivity index (χ2n) is 3.81. The number of phosphoric ester groups is 2. The lowest BCUT2D eigenvalue weighted by molar-refractivity contribution is -0.116. The average Bonchev–Trinajstić information content (AvgIpc) is 2.41. The third-order valence-electron chi connectivity index (χ3n) is 1.77. The zero-order valence-electron chi connectivity index (χ0n) is 11.5. The van der Waals surface area contributed by atoms with Crippen LogP contribution in [0.25, 0.3) is 0 Å². The standard InChI is InChI=1S/C5H11O7P.C3H7O6P/c6-2-1-4(7)5(8)3-12-13(9,10)11;4-1-3(5)2-9-10(6,7)8/h2,4-5,7-8H,1,3H2,(H2,9,10,11);1,3,5H,2H2,(H2,6,7,8). The molecule has 0 aromatic carbocycles. The quantitative estimate of drug-likeness (QED) is 0.148. The maximum Gasteiger partial charge on any atom is 0.469 e. The molecule has 3 atom stereocenters. The molecular formula is C8H18O13P2. The third kappa shape index (κ3) is 19.4. The fraction of sp³-hybridized carbons (Fsp3) is 0.750. The number of aliphatic hydroxyl groups excluding tert-OH is 3. The summed E-state index contributed by atoms with van der Waals surface area (Å²) < 4.78 is 27.7. The number of aldehydes is 2. The lowest BCUT2D eigenvalue weighted by Crippen LogP contribution is -2.30. The van der Waals surface area contributed by atoms with E-state index in [1.54, 1.807) is 0 Å². The van der Waals surface area contributed by atoms with E-state index < -0.39 is 47.2 Å². The molecule has 0 saturated carbocycles. The van der Waals surface area contributed by atoms with Crippen molar-refractivity contribution >= 4 is 28.2 Å². The fourth-order valence-corrected chi connectivity index (χ4v) is 1.45. The van der Waals surface area contributed by atoms with Gasteiger partial charge in [0.1, 0.15) is 18.5 Å². The van der Waals surface area contributed by atoms with E-state index in [4.69, 9.17) is 34.9 Å². The van der Waals surface area contributed by atoms with Crippen LogP contribution in [-0.4, -0.2) is 79.0 Å². The smallest absolute Gasteiger partial charge is 0.390 e. The van der Waals surface area contributed by atoms with Gasteiger partial charge < -0.3 is 44.5 Å². The Labute approximate surface area is 130 Å². The molecule has 0 aliphatic carbocycles. The highest BCUT2D eigenvalue weighted by molar-refractivity contribution is 7.46. The summed E-state index contributed by atoms with van der Waals surface area (Å²) in [6.45, 7) is -1.41. The van der Waals surface area contributed by atoms with Crippen molar-refractivity contribution in [2.45, 2.75) is 24.7 Å². The Morgan fingerprint density at radius 1 is 0.826 bits per heavy atom. The molecule has 23 heavy (non-hydrogen) atoms. The van der Waals surface area contributed by atoms with Crippen molar-refractivity contribution < 1.29 is 62.7 Å². The average molecular weight is 384 g/mol. The van der Waals surface area contributed by atoms with Crippen molar-refractivity contribution in [1.82, 2.24) is 0 Å². The van der Waals surface area contributed by atoms with Gasteiger partial charge in [0.2, 0.25) is 0 Å². The summed E-state index contributed by atoms with van der Waals surface area (Å²) in [5.41, 5.74) is 0. The van der Waals surface area contributed by atoms with Crippen LogP contribution < -0.4 is 0 Å². The summed E-state index contributed by atoms with van der Waals surface area (Å²) in [4.78, 5) is 52.0. The highest BCUT2D eigenvalue weighted by atomic mass is 31.2. The van der Waals surface area contributed by atoms with Gasteiger partial charge in [-0.15, -0.1) is 0 Å². The van der Waals surface area contributed by atoms with Crippen molar-refractivity contribution in [3.63, 3.8) is 0 Å². The van der Waals surface area contributed by atoms with Crippen molar-refractivity contribution in [3.05, 3.63) is 0 Å². The summed E-state index contributed by atoms with van der Waals surface area (Å²) in [6.07, 6.45) is -4.15. The van der Waals surface area contributed by atoms with Crippen LogP contribution >= 0.6 is 15.6 Å². The van der Waals surface area contributed by atoms with Crippen molar-refractivity contribution in [1.29, 1.82) is 0 Å². The molecule has 0 aromatic rings. The van der Waals surface area contributed by atoms with E-state index in [1.807, 2.05) is 0 Å². The second kappa shape index (κ2) is 11.9. The molecule has 7 N–H and O–H groups in total. The van der Waals surface area contributed by atoms with Crippen LogP contribution in [0.15, 0.2) is 0 Å². The van der Waals surface area contributed by atoms with Crippen LogP contribution in [0.5, 0.6) is 0 Å². The summed E-state index contributed by atoms with van der Waals surface area (Å²) in [6, 6.07) is 0. The monoisotopic (exact) mass is 384 g/mol. The number of rotatable bonds is 10. The highest BCUT2D eigenvalue weighted by Crippen LogP contribution is 2.36. The number of hydrogen-bond acceptors (Lipinski definition) is 9. The largest absolute Gasteiger partial charge is 0.469 e. The molecule has 0 amide bonds. The fourth-order valence-electron chi connectivity index (χ4n) is 0.753. The van der Waals surface area contributed by atoms with Crippen molar-refractivity contribution in [2.24, 2.45) is 0 Å². The number of phosphoric acid groups is 2. The maximum absolute atomic E-state index is 10.1. The van der Waals surface area contributed by atoms with E-state index in [0.717, 1.165) is 0 Å². The number of carbonyl (C=O) groups is 2. The Balaban J connectivity index is 0. The lowest BCUT2D eigenvalue weighted by atomic mass is 10.2. The van der Waals surface area contributed by atoms with Gasteiger partial charge in [-0.25, -0.2) is 9.13 Å². The van der Waals surface area contributed by atoms with Gasteiger partial charge in [0, 0.05) is 6.42 Å². The molecule has 0 bridgehead atoms. The van der Waals surface area contributed by atoms with E-state index in [2.05, 4.69) is 9.05 Å². The minimum absolute atomic E-state index is 0.121. The van der Waals surface area contributed by atoms with E-state index in [-0.39, 0.29) is 12.7 Å². The van der Waals surface area contributed by atoms with Crippen LogP contribution in [0, 0.1) is 0 Å². The van der Waals surface area contributed by atoms with Crippen LogP contribution in [0.4, 0.5) is 0 Å². The molecule has 0 rings (SSSR count). The lowest BCUT2D eigenvalue weighted by Gasteiger charge is -2.15. The first-order valence-corrected chi connectivity index (χ1v) is 8.71. The first-order valence-electron chi connectivity index (χ1n) is 5.65. The van der Waals surface area contributed by atoms with Gasteiger partial charge in [0.15, 0.2) is 6.29 Å². The Hall–Kier alpha value is -0.560. The van der Waals surface area contributed by atoms with Crippen LogP contribution in [-0.2, 0) is 27.8 Å². The number of hydrogen-bond donors (Lipinski definition) is 7. The van der Waals surface area contributed by atoms with Crippen LogP contribution in [0.2, 0.25) is 0 Å². The molecule has 0 spiro atoms. The molecule has 13 nitrogen and oxygen atoms in total. The van der Waals surface area contributed by atoms with Gasteiger partial charge >= 0.3 is 15.6 Å². The van der Waals surface area contributed by atoms with Crippen LogP contribution in [0.3, 0.4) is 0 Å². The molecule has 0 aliphatic heterocycles. The van der Waals surface area contributed by atoms with Crippen molar-refractivity contribution in [2.75, 3.05) is 13.2 Å². The molecule has 0 aromatic heterocycles. The summed E-state index contributed by atoms with van der Waals surface area (Å²) in [7, 11) is -9.19. The first kappa shape index (κ1) is 24.7. The van der Waals surface area contributed by atoms with Crippen LogP contribution in [0.1, 0.15) is 6.42 Å². The molecule has 3 unspecified atom stereocenters. The topological polar surface area (TPSA) is 228 Å². The zero-order chi connectivity index (χ0) is 18.7. The Morgan fingerprint density at radius 3 is 1.61 bits per heavy atom. The maximum atomic E-state index is 10.1. The first-order chi connectivity index (χ1) is 10.3. The Kier molecular flexibility index (Phi) is 12.8. The van der Waals surface area contributed by atoms with Gasteiger partial charge in [-0.2, -0.15) is 0 Å². The summed E-state index contributed by atoms with van der Waals surface area (Å²) >= 11 is 0. The van der Waals surface area contributed by atoms with Gasteiger partial charge in [-0.1, -0.05) is 0 Å². The van der Waals surface area contributed by atoms with Gasteiger partial charge in [0.25, 0.3) is 0 Å². The van der Waals surface area contributed by atoms with Gasteiger partial charge in [0.05, 0.1) is 19.3 Å². The van der Waals surface area contributed by atoms with E-state index in [0.29, 0.717) is 6.29 Å². The number of aliphatic hydroxyl groups is 3. The van der Waals surface area contributed by atoms with Gasteiger partial charge in [-0.3, -0.25) is 9.05 Å².